The summed E-state index contributed by atoms with van der Waals surface area (Å²) >= 11 is 0. The average Bonchev–Trinajstić information content (AvgIpc) is 2.53. The summed E-state index contributed by atoms with van der Waals surface area (Å²) in [6.07, 6.45) is 0.184. The molecule has 0 spiro atoms. The second-order valence-corrected chi connectivity index (χ2v) is 5.78. The molecule has 0 saturated carbocycles. The van der Waals surface area contributed by atoms with E-state index in [2.05, 4.69) is 21.4 Å². The van der Waals surface area contributed by atoms with Gasteiger partial charge in [0.15, 0.2) is 0 Å². The summed E-state index contributed by atoms with van der Waals surface area (Å²) in [7, 11) is 0. The molecule has 0 aliphatic rings. The van der Waals surface area contributed by atoms with Crippen LogP contribution in [0.1, 0.15) is 25.4 Å². The lowest BCUT2D eigenvalue weighted by molar-refractivity contribution is 0.242. The molecule has 4 heteroatoms. The number of rotatable bonds is 5. The Bertz CT molecular complexity index is 797. The van der Waals surface area contributed by atoms with Crippen molar-refractivity contribution in [3.63, 3.8) is 0 Å². The van der Waals surface area contributed by atoms with Crippen molar-refractivity contribution in [2.24, 2.45) is 0 Å². The fourth-order valence-corrected chi connectivity index (χ4v) is 2.51. The van der Waals surface area contributed by atoms with Gasteiger partial charge in [0.05, 0.1) is 23.9 Å². The molecule has 3 rings (SSSR count). The van der Waals surface area contributed by atoms with E-state index in [0.717, 1.165) is 33.9 Å². The number of para-hydroxylation sites is 1. The van der Waals surface area contributed by atoms with Crippen molar-refractivity contribution in [1.82, 2.24) is 9.97 Å². The highest BCUT2D eigenvalue weighted by molar-refractivity contribution is 5.81. The number of nitrogens with one attached hydrogen (secondary N) is 1. The number of fused-ring (bicyclic) bond motifs is 1. The number of aryl methyl sites for hydroxylation is 1. The molecule has 0 bridgehead atoms. The minimum Gasteiger partial charge on any atom is -0.491 e. The fraction of sp³-hybridized carbons (Fsp3) is 0.263. The predicted molar refractivity (Wildman–Crippen MR) is 93.8 cm³/mol. The summed E-state index contributed by atoms with van der Waals surface area (Å²) in [6, 6.07) is 16.1. The first kappa shape index (κ1) is 15.3. The summed E-state index contributed by atoms with van der Waals surface area (Å²) in [4.78, 5) is 9.05. The first-order valence-corrected chi connectivity index (χ1v) is 7.84. The maximum Gasteiger partial charge on any atom is 0.126 e. The number of hydrogen-bond donors (Lipinski definition) is 1. The molecule has 1 aromatic heterocycles. The van der Waals surface area contributed by atoms with E-state index in [-0.39, 0.29) is 6.10 Å². The van der Waals surface area contributed by atoms with Crippen LogP contribution in [0.3, 0.4) is 0 Å². The monoisotopic (exact) mass is 307 g/mol. The maximum absolute atomic E-state index is 5.66. The highest BCUT2D eigenvalue weighted by atomic mass is 16.5. The number of ether oxygens (including phenoxy) is 1. The molecule has 0 saturated heterocycles. The Balaban J connectivity index is 1.76. The zero-order valence-corrected chi connectivity index (χ0v) is 13.7. The van der Waals surface area contributed by atoms with Gasteiger partial charge in [-0.3, -0.25) is 0 Å². The first-order chi connectivity index (χ1) is 11.1. The molecule has 0 amide bonds. The van der Waals surface area contributed by atoms with Gasteiger partial charge in [0, 0.05) is 11.1 Å². The molecule has 0 atom stereocenters. The van der Waals surface area contributed by atoms with Crippen molar-refractivity contribution in [2.45, 2.75) is 33.4 Å². The maximum atomic E-state index is 5.66. The first-order valence-electron chi connectivity index (χ1n) is 7.84. The Hall–Kier alpha value is -2.62. The smallest absolute Gasteiger partial charge is 0.126 e. The average molecular weight is 307 g/mol. The van der Waals surface area contributed by atoms with Gasteiger partial charge < -0.3 is 10.1 Å². The van der Waals surface area contributed by atoms with Crippen LogP contribution >= 0.6 is 0 Å². The van der Waals surface area contributed by atoms with E-state index in [9.17, 15) is 0 Å². The summed E-state index contributed by atoms with van der Waals surface area (Å²) < 4.78 is 5.66. The predicted octanol–water partition coefficient (Wildman–Crippen LogP) is 4.34. The number of hydrogen-bond acceptors (Lipinski definition) is 4. The van der Waals surface area contributed by atoms with Crippen LogP contribution < -0.4 is 10.1 Å². The van der Waals surface area contributed by atoms with Gasteiger partial charge in [0.1, 0.15) is 11.6 Å². The van der Waals surface area contributed by atoms with Gasteiger partial charge in [0.2, 0.25) is 0 Å². The third-order valence-electron chi connectivity index (χ3n) is 3.48. The Morgan fingerprint density at radius 2 is 1.74 bits per heavy atom. The second-order valence-electron chi connectivity index (χ2n) is 5.78. The topological polar surface area (TPSA) is 47.0 Å². The van der Waals surface area contributed by atoms with E-state index in [1.165, 1.54) is 0 Å². The number of anilines is 1. The third kappa shape index (κ3) is 3.77. The van der Waals surface area contributed by atoms with Gasteiger partial charge in [-0.25, -0.2) is 9.97 Å². The lowest BCUT2D eigenvalue weighted by Gasteiger charge is -2.12. The van der Waals surface area contributed by atoms with Gasteiger partial charge in [-0.15, -0.1) is 0 Å². The molecule has 23 heavy (non-hydrogen) atoms. The van der Waals surface area contributed by atoms with Crippen LogP contribution in [0, 0.1) is 6.92 Å². The molecule has 0 unspecified atom stereocenters. The summed E-state index contributed by atoms with van der Waals surface area (Å²) in [6.45, 7) is 6.63. The lowest BCUT2D eigenvalue weighted by Crippen LogP contribution is -2.06. The molecular formula is C19H21N3O. The minimum absolute atomic E-state index is 0.184. The molecule has 0 fully saturated rings. The number of nitrogens with zero attached hydrogens (tertiary/aromatic N) is 2. The summed E-state index contributed by atoms with van der Waals surface area (Å²) in [5, 5.41) is 4.50. The number of aromatic nitrogens is 2. The Kier molecular flexibility index (Phi) is 4.42. The van der Waals surface area contributed by atoms with Crippen LogP contribution in [0.5, 0.6) is 5.75 Å². The van der Waals surface area contributed by atoms with Crippen molar-refractivity contribution in [3.05, 3.63) is 60.0 Å². The second kappa shape index (κ2) is 6.65. The minimum atomic E-state index is 0.184. The van der Waals surface area contributed by atoms with E-state index >= 15 is 0 Å². The molecule has 0 radical (unpaired) electrons. The van der Waals surface area contributed by atoms with Gasteiger partial charge in [-0.05, 0) is 51.1 Å². The zero-order chi connectivity index (χ0) is 16.2. The number of benzene rings is 2. The molecule has 1 N–H and O–H groups in total. The van der Waals surface area contributed by atoms with E-state index in [1.807, 2.05) is 63.2 Å². The zero-order valence-electron chi connectivity index (χ0n) is 13.7. The van der Waals surface area contributed by atoms with Crippen LogP contribution in [0.25, 0.3) is 10.9 Å². The van der Waals surface area contributed by atoms with Crippen LogP contribution in [0.4, 0.5) is 5.69 Å². The van der Waals surface area contributed by atoms with Crippen LogP contribution in [-0.2, 0) is 6.54 Å². The molecule has 3 aromatic rings. The van der Waals surface area contributed by atoms with Gasteiger partial charge >= 0.3 is 0 Å². The summed E-state index contributed by atoms with van der Waals surface area (Å²) in [5.41, 5.74) is 3.04. The van der Waals surface area contributed by atoms with Crippen LogP contribution in [-0.4, -0.2) is 16.1 Å². The highest BCUT2D eigenvalue weighted by Crippen LogP contribution is 2.19. The molecule has 4 nitrogen and oxygen atoms in total. The standard InChI is InChI=1S/C19H21N3O/c1-13(2)23-16-10-8-15(9-11-16)20-12-19-17-6-4-5-7-18(17)21-14(3)22-19/h4-11,13,20H,12H2,1-3H3. The fourth-order valence-electron chi connectivity index (χ4n) is 2.51. The van der Waals surface area contributed by atoms with Crippen molar-refractivity contribution >= 4 is 16.6 Å². The van der Waals surface area contributed by atoms with Crippen molar-refractivity contribution in [1.29, 1.82) is 0 Å². The van der Waals surface area contributed by atoms with Crippen molar-refractivity contribution in [2.75, 3.05) is 5.32 Å². The van der Waals surface area contributed by atoms with Crippen molar-refractivity contribution < 1.29 is 4.74 Å². The van der Waals surface area contributed by atoms with Crippen LogP contribution in [0.2, 0.25) is 0 Å². The van der Waals surface area contributed by atoms with Gasteiger partial charge in [0.25, 0.3) is 0 Å². The highest BCUT2D eigenvalue weighted by Gasteiger charge is 2.05. The Morgan fingerprint density at radius 1 is 1.00 bits per heavy atom. The normalized spacial score (nSPS) is 11.0. The Labute approximate surface area is 136 Å². The van der Waals surface area contributed by atoms with Gasteiger partial charge in [-0.1, -0.05) is 18.2 Å². The molecule has 2 aromatic carbocycles. The lowest BCUT2D eigenvalue weighted by atomic mass is 10.2. The van der Waals surface area contributed by atoms with Gasteiger partial charge in [-0.2, -0.15) is 0 Å². The SMILES string of the molecule is Cc1nc(CNc2ccc(OC(C)C)cc2)c2ccccc2n1. The Morgan fingerprint density at radius 3 is 2.48 bits per heavy atom. The third-order valence-corrected chi connectivity index (χ3v) is 3.48. The van der Waals surface area contributed by atoms with E-state index < -0.39 is 0 Å². The van der Waals surface area contributed by atoms with E-state index in [4.69, 9.17) is 4.74 Å². The molecule has 0 aliphatic heterocycles. The van der Waals surface area contributed by atoms with E-state index in [0.29, 0.717) is 6.54 Å². The molecule has 118 valence electrons. The quantitative estimate of drug-likeness (QED) is 0.762. The molecular weight excluding hydrogens is 286 g/mol. The molecule has 0 aliphatic carbocycles. The largest absolute Gasteiger partial charge is 0.491 e. The summed E-state index contributed by atoms with van der Waals surface area (Å²) in [5.74, 6) is 1.68. The van der Waals surface area contributed by atoms with Crippen LogP contribution in [0.15, 0.2) is 48.5 Å². The van der Waals surface area contributed by atoms with Crippen molar-refractivity contribution in [3.8, 4) is 5.75 Å². The molecule has 1 heterocycles. The van der Waals surface area contributed by atoms with E-state index in [1.54, 1.807) is 0 Å².